The maximum Gasteiger partial charge on any atom is 0.253 e. The standard InChI is InChI=1S/C21H26ClN3O3/c1-24(2)18(19-4-3-13-28-19)14-23-20(26)15-9-11-25(12-10-15)21(27)16-5-7-17(22)8-6-16/h3-8,13,15,18H,9-12,14H2,1-2H3,(H,23,26). The molecule has 1 atom stereocenters. The first-order chi connectivity index (χ1) is 13.5. The number of amides is 2. The Kier molecular flexibility index (Phi) is 6.75. The summed E-state index contributed by atoms with van der Waals surface area (Å²) in [5.41, 5.74) is 0.625. The number of likely N-dealkylation sites (tertiary alicyclic amines) is 1. The first kappa shape index (κ1) is 20.4. The number of hydrogen-bond acceptors (Lipinski definition) is 4. The second-order valence-corrected chi connectivity index (χ2v) is 7.75. The van der Waals surface area contributed by atoms with Crippen molar-refractivity contribution in [2.45, 2.75) is 18.9 Å². The number of benzene rings is 1. The van der Waals surface area contributed by atoms with E-state index in [-0.39, 0.29) is 23.8 Å². The van der Waals surface area contributed by atoms with Crippen LogP contribution in [0.4, 0.5) is 0 Å². The van der Waals surface area contributed by atoms with E-state index in [1.807, 2.05) is 31.1 Å². The number of nitrogens with one attached hydrogen (secondary N) is 1. The van der Waals surface area contributed by atoms with Gasteiger partial charge in [0.25, 0.3) is 5.91 Å². The van der Waals surface area contributed by atoms with E-state index < -0.39 is 0 Å². The Labute approximate surface area is 170 Å². The minimum atomic E-state index is -0.0753. The molecule has 1 aromatic heterocycles. The second-order valence-electron chi connectivity index (χ2n) is 7.31. The van der Waals surface area contributed by atoms with Crippen molar-refractivity contribution in [2.24, 2.45) is 5.92 Å². The van der Waals surface area contributed by atoms with Gasteiger partial charge in [-0.15, -0.1) is 0 Å². The van der Waals surface area contributed by atoms with Gasteiger partial charge in [0, 0.05) is 36.1 Å². The lowest BCUT2D eigenvalue weighted by Gasteiger charge is -2.32. The van der Waals surface area contributed by atoms with E-state index in [9.17, 15) is 9.59 Å². The van der Waals surface area contributed by atoms with Crippen LogP contribution in [0.25, 0.3) is 0 Å². The predicted octanol–water partition coefficient (Wildman–Crippen LogP) is 3.20. The summed E-state index contributed by atoms with van der Waals surface area (Å²) in [6.07, 6.45) is 2.97. The van der Waals surface area contributed by atoms with E-state index in [0.29, 0.717) is 43.1 Å². The molecule has 3 rings (SSSR count). The Morgan fingerprint density at radius 2 is 1.89 bits per heavy atom. The highest BCUT2D eigenvalue weighted by atomic mass is 35.5. The van der Waals surface area contributed by atoms with Crippen molar-refractivity contribution in [1.82, 2.24) is 15.1 Å². The molecule has 0 spiro atoms. The van der Waals surface area contributed by atoms with Gasteiger partial charge in [-0.3, -0.25) is 14.5 Å². The van der Waals surface area contributed by atoms with Crippen LogP contribution in [0.15, 0.2) is 47.1 Å². The Hall–Kier alpha value is -2.31. The molecule has 0 saturated carbocycles. The SMILES string of the molecule is CN(C)C(CNC(=O)C1CCN(C(=O)c2ccc(Cl)cc2)CC1)c1ccco1. The molecule has 0 bridgehead atoms. The topological polar surface area (TPSA) is 65.8 Å². The fourth-order valence-electron chi connectivity index (χ4n) is 3.48. The fraction of sp³-hybridized carbons (Fsp3) is 0.429. The number of carbonyl (C=O) groups excluding carboxylic acids is 2. The van der Waals surface area contributed by atoms with Crippen molar-refractivity contribution in [3.05, 3.63) is 59.0 Å². The highest BCUT2D eigenvalue weighted by molar-refractivity contribution is 6.30. The van der Waals surface area contributed by atoms with Gasteiger partial charge in [0.2, 0.25) is 5.91 Å². The van der Waals surface area contributed by atoms with Crippen LogP contribution in [0.1, 0.15) is 35.0 Å². The van der Waals surface area contributed by atoms with Crippen LogP contribution in [0.3, 0.4) is 0 Å². The molecule has 2 aromatic rings. The zero-order valence-corrected chi connectivity index (χ0v) is 17.0. The number of piperidine rings is 1. The van der Waals surface area contributed by atoms with Crippen LogP contribution in [0.2, 0.25) is 5.02 Å². The van der Waals surface area contributed by atoms with Crippen LogP contribution in [-0.2, 0) is 4.79 Å². The van der Waals surface area contributed by atoms with Gasteiger partial charge >= 0.3 is 0 Å². The Morgan fingerprint density at radius 3 is 2.46 bits per heavy atom. The van der Waals surface area contributed by atoms with Gasteiger partial charge < -0.3 is 14.6 Å². The fourth-order valence-corrected chi connectivity index (χ4v) is 3.61. The molecular weight excluding hydrogens is 378 g/mol. The molecular formula is C21H26ClN3O3. The summed E-state index contributed by atoms with van der Waals surface area (Å²) in [5.74, 6) is 0.778. The summed E-state index contributed by atoms with van der Waals surface area (Å²) < 4.78 is 5.48. The normalized spacial score (nSPS) is 16.2. The number of carbonyl (C=O) groups is 2. The molecule has 0 aliphatic carbocycles. The summed E-state index contributed by atoms with van der Waals surface area (Å²) in [6.45, 7) is 1.65. The molecule has 1 aromatic carbocycles. The van der Waals surface area contributed by atoms with Gasteiger partial charge in [-0.25, -0.2) is 0 Å². The number of furan rings is 1. The summed E-state index contributed by atoms with van der Waals surface area (Å²) in [4.78, 5) is 29.0. The minimum Gasteiger partial charge on any atom is -0.468 e. The average molecular weight is 404 g/mol. The zero-order chi connectivity index (χ0) is 20.1. The smallest absolute Gasteiger partial charge is 0.253 e. The lowest BCUT2D eigenvalue weighted by Crippen LogP contribution is -2.44. The van der Waals surface area contributed by atoms with Crippen LogP contribution >= 0.6 is 11.6 Å². The molecule has 2 heterocycles. The summed E-state index contributed by atoms with van der Waals surface area (Å²) in [7, 11) is 3.92. The maximum absolute atomic E-state index is 12.6. The summed E-state index contributed by atoms with van der Waals surface area (Å²) in [5, 5.41) is 3.65. The molecule has 7 heteroatoms. The van der Waals surface area contributed by atoms with E-state index in [2.05, 4.69) is 5.32 Å². The van der Waals surface area contributed by atoms with E-state index >= 15 is 0 Å². The molecule has 0 radical (unpaired) electrons. The van der Waals surface area contributed by atoms with Gasteiger partial charge in [0.15, 0.2) is 0 Å². The van der Waals surface area contributed by atoms with Crippen molar-refractivity contribution < 1.29 is 14.0 Å². The van der Waals surface area contributed by atoms with Gasteiger partial charge in [0.1, 0.15) is 5.76 Å². The van der Waals surface area contributed by atoms with Crippen LogP contribution < -0.4 is 5.32 Å². The number of likely N-dealkylation sites (N-methyl/N-ethyl adjacent to an activating group) is 1. The zero-order valence-electron chi connectivity index (χ0n) is 16.2. The molecule has 1 fully saturated rings. The van der Waals surface area contributed by atoms with Gasteiger partial charge in [-0.2, -0.15) is 0 Å². The van der Waals surface area contributed by atoms with E-state index in [4.69, 9.17) is 16.0 Å². The Bertz CT molecular complexity index is 782. The molecule has 1 saturated heterocycles. The first-order valence-corrected chi connectivity index (χ1v) is 9.86. The number of nitrogens with zero attached hydrogens (tertiary/aromatic N) is 2. The predicted molar refractivity (Wildman–Crippen MR) is 108 cm³/mol. The van der Waals surface area contributed by atoms with E-state index in [1.165, 1.54) is 0 Å². The summed E-state index contributed by atoms with van der Waals surface area (Å²) in [6, 6.07) is 10.7. The third-order valence-electron chi connectivity index (χ3n) is 5.21. The van der Waals surface area contributed by atoms with Gasteiger partial charge in [-0.1, -0.05) is 11.6 Å². The van der Waals surface area contributed by atoms with Crippen molar-refractivity contribution in [3.63, 3.8) is 0 Å². The molecule has 1 aliphatic heterocycles. The molecule has 6 nitrogen and oxygen atoms in total. The number of hydrogen-bond donors (Lipinski definition) is 1. The third kappa shape index (κ3) is 4.94. The molecule has 1 unspecified atom stereocenters. The molecule has 150 valence electrons. The number of halogens is 1. The van der Waals surface area contributed by atoms with Gasteiger partial charge in [0.05, 0.1) is 12.3 Å². The molecule has 1 aliphatic rings. The number of rotatable bonds is 6. The maximum atomic E-state index is 12.6. The second kappa shape index (κ2) is 9.26. The van der Waals surface area contributed by atoms with Crippen molar-refractivity contribution in [1.29, 1.82) is 0 Å². The minimum absolute atomic E-state index is 0.00878. The monoisotopic (exact) mass is 403 g/mol. The Morgan fingerprint density at radius 1 is 1.21 bits per heavy atom. The molecule has 2 amide bonds. The van der Waals surface area contributed by atoms with Crippen molar-refractivity contribution in [2.75, 3.05) is 33.7 Å². The lowest BCUT2D eigenvalue weighted by atomic mass is 9.95. The van der Waals surface area contributed by atoms with Crippen LogP contribution in [0.5, 0.6) is 0 Å². The molecule has 28 heavy (non-hydrogen) atoms. The largest absolute Gasteiger partial charge is 0.468 e. The highest BCUT2D eigenvalue weighted by Crippen LogP contribution is 2.21. The first-order valence-electron chi connectivity index (χ1n) is 9.48. The van der Waals surface area contributed by atoms with E-state index in [0.717, 1.165) is 5.76 Å². The van der Waals surface area contributed by atoms with Crippen molar-refractivity contribution in [3.8, 4) is 0 Å². The Balaban J connectivity index is 1.49. The molecule has 1 N–H and O–H groups in total. The third-order valence-corrected chi connectivity index (χ3v) is 5.46. The van der Waals surface area contributed by atoms with Crippen LogP contribution in [0, 0.1) is 5.92 Å². The van der Waals surface area contributed by atoms with E-state index in [1.54, 1.807) is 35.4 Å². The van der Waals surface area contributed by atoms with Gasteiger partial charge in [-0.05, 0) is 63.3 Å². The van der Waals surface area contributed by atoms with Crippen LogP contribution in [-0.4, -0.2) is 55.3 Å². The lowest BCUT2D eigenvalue weighted by molar-refractivity contribution is -0.126. The quantitative estimate of drug-likeness (QED) is 0.804. The summed E-state index contributed by atoms with van der Waals surface area (Å²) >= 11 is 5.88. The van der Waals surface area contributed by atoms with Crippen molar-refractivity contribution >= 4 is 23.4 Å². The average Bonchev–Trinajstić information content (AvgIpc) is 3.22. The highest BCUT2D eigenvalue weighted by Gasteiger charge is 2.28.